The fraction of sp³-hybridized carbons (Fsp3) is 0.200. The van der Waals surface area contributed by atoms with E-state index < -0.39 is 20.2 Å². The fourth-order valence-electron chi connectivity index (χ4n) is 4.27. The summed E-state index contributed by atoms with van der Waals surface area (Å²) in [6, 6.07) is 23.1. The first kappa shape index (κ1) is 29.8. The van der Waals surface area contributed by atoms with E-state index in [9.17, 15) is 16.8 Å². The summed E-state index contributed by atoms with van der Waals surface area (Å²) in [4.78, 5) is 0. The lowest BCUT2D eigenvalue weighted by molar-refractivity contribution is 0.304. The number of rotatable bonds is 11. The molecule has 0 unspecified atom stereocenters. The molecule has 0 atom stereocenters. The molecule has 0 aliphatic carbocycles. The first-order valence-electron chi connectivity index (χ1n) is 12.3. The molecule has 0 heterocycles. The molecular weight excluding hydrogens is 568 g/mol. The predicted molar refractivity (Wildman–Crippen MR) is 157 cm³/mol. The van der Waals surface area contributed by atoms with Crippen LogP contribution in [0.5, 0.6) is 28.7 Å². The highest BCUT2D eigenvalue weighted by Crippen LogP contribution is 2.51. The van der Waals surface area contributed by atoms with Gasteiger partial charge >= 0.3 is 20.2 Å². The van der Waals surface area contributed by atoms with Crippen molar-refractivity contribution in [3.05, 3.63) is 90.0 Å². The Kier molecular flexibility index (Phi) is 8.79. The van der Waals surface area contributed by atoms with E-state index in [2.05, 4.69) is 0 Å². The molecule has 216 valence electrons. The Balaban J connectivity index is 1.81. The van der Waals surface area contributed by atoms with Gasteiger partial charge in [0.25, 0.3) is 0 Å². The van der Waals surface area contributed by atoms with Crippen LogP contribution in [0.25, 0.3) is 22.3 Å². The van der Waals surface area contributed by atoms with Crippen LogP contribution in [0.3, 0.4) is 0 Å². The van der Waals surface area contributed by atoms with E-state index in [1.807, 2.05) is 55.5 Å². The van der Waals surface area contributed by atoms with Gasteiger partial charge in [0, 0.05) is 5.56 Å². The van der Waals surface area contributed by atoms with Crippen LogP contribution in [-0.4, -0.2) is 43.6 Å². The lowest BCUT2D eigenvalue weighted by Gasteiger charge is -2.21. The Morgan fingerprint density at radius 3 is 1.85 bits per heavy atom. The first-order chi connectivity index (χ1) is 19.4. The number of ether oxygens (including phenoxy) is 3. The highest BCUT2D eigenvalue weighted by Gasteiger charge is 2.26. The molecule has 0 spiro atoms. The normalized spacial score (nSPS) is 11.5. The number of methoxy groups -OCH3 is 2. The molecule has 0 fully saturated rings. The zero-order valence-electron chi connectivity index (χ0n) is 23.2. The second-order valence-corrected chi connectivity index (χ2v) is 12.4. The summed E-state index contributed by atoms with van der Waals surface area (Å²) in [6.45, 7) is 2.32. The van der Waals surface area contributed by atoms with E-state index in [0.29, 0.717) is 40.4 Å². The van der Waals surface area contributed by atoms with Gasteiger partial charge in [-0.25, -0.2) is 0 Å². The molecule has 41 heavy (non-hydrogen) atoms. The van der Waals surface area contributed by atoms with Gasteiger partial charge in [0.1, 0.15) is 23.9 Å². The number of aryl methyl sites for hydroxylation is 1. The van der Waals surface area contributed by atoms with E-state index in [4.69, 9.17) is 22.6 Å². The van der Waals surface area contributed by atoms with Crippen molar-refractivity contribution < 1.29 is 39.4 Å². The Hall–Kier alpha value is -4.22. The summed E-state index contributed by atoms with van der Waals surface area (Å²) in [5, 5.41) is 0. The van der Waals surface area contributed by atoms with Gasteiger partial charge in [-0.1, -0.05) is 48.5 Å². The minimum atomic E-state index is -4.00. The van der Waals surface area contributed by atoms with Crippen LogP contribution in [0.4, 0.5) is 0 Å². The summed E-state index contributed by atoms with van der Waals surface area (Å²) >= 11 is 0. The highest BCUT2D eigenvalue weighted by molar-refractivity contribution is 7.86. The van der Waals surface area contributed by atoms with Crippen LogP contribution >= 0.6 is 0 Å². The van der Waals surface area contributed by atoms with Gasteiger partial charge in [0.2, 0.25) is 0 Å². The molecule has 0 saturated heterocycles. The Morgan fingerprint density at radius 2 is 1.29 bits per heavy atom. The van der Waals surface area contributed by atoms with Crippen LogP contribution in [0, 0.1) is 6.92 Å². The van der Waals surface area contributed by atoms with Gasteiger partial charge < -0.3 is 22.6 Å². The van der Waals surface area contributed by atoms with Gasteiger partial charge in [-0.05, 0) is 59.5 Å². The summed E-state index contributed by atoms with van der Waals surface area (Å²) in [5.41, 5.74) is 3.91. The molecule has 0 bridgehead atoms. The van der Waals surface area contributed by atoms with E-state index in [-0.39, 0.29) is 17.2 Å². The van der Waals surface area contributed by atoms with Gasteiger partial charge in [0.15, 0.2) is 11.5 Å². The maximum Gasteiger partial charge on any atom is 0.306 e. The quantitative estimate of drug-likeness (QED) is 0.204. The topological polar surface area (TPSA) is 114 Å². The van der Waals surface area contributed by atoms with Gasteiger partial charge in [-0.2, -0.15) is 16.8 Å². The second kappa shape index (κ2) is 12.1. The van der Waals surface area contributed by atoms with Crippen molar-refractivity contribution >= 4 is 20.2 Å². The van der Waals surface area contributed by atoms with Gasteiger partial charge in [-0.3, -0.25) is 0 Å². The summed E-state index contributed by atoms with van der Waals surface area (Å²) in [7, 11) is -4.87. The zero-order chi connectivity index (χ0) is 29.8. The fourth-order valence-corrected chi connectivity index (χ4v) is 5.19. The molecule has 0 aliphatic heterocycles. The SMILES string of the molecule is COc1cc(-c2ccc(OCc3ccccc3)c(C)c2)c(OC)c(OS(C)(=O)=O)c1-c1ccc(OS(C)(=O)=O)cc1. The second-order valence-electron chi connectivity index (χ2n) is 9.22. The molecule has 4 aromatic carbocycles. The van der Waals surface area contributed by atoms with E-state index in [1.165, 1.54) is 26.4 Å². The van der Waals surface area contributed by atoms with E-state index >= 15 is 0 Å². The summed E-state index contributed by atoms with van der Waals surface area (Å²) in [6.07, 6.45) is 1.87. The summed E-state index contributed by atoms with van der Waals surface area (Å²) < 4.78 is 75.6. The van der Waals surface area contributed by atoms with Crippen LogP contribution in [0.15, 0.2) is 78.9 Å². The highest BCUT2D eigenvalue weighted by atomic mass is 32.2. The molecule has 0 saturated carbocycles. The van der Waals surface area contributed by atoms with Crippen molar-refractivity contribution in [3.63, 3.8) is 0 Å². The van der Waals surface area contributed by atoms with Crippen molar-refractivity contribution in [2.24, 2.45) is 0 Å². The molecule has 0 aromatic heterocycles. The monoisotopic (exact) mass is 598 g/mol. The minimum absolute atomic E-state index is 0.0804. The number of benzene rings is 4. The van der Waals surface area contributed by atoms with Gasteiger partial charge in [-0.15, -0.1) is 0 Å². The Morgan fingerprint density at radius 1 is 0.659 bits per heavy atom. The van der Waals surface area contributed by atoms with Crippen LogP contribution in [0.1, 0.15) is 11.1 Å². The van der Waals surface area contributed by atoms with Crippen molar-refractivity contribution in [2.75, 3.05) is 26.7 Å². The molecular formula is C30H30O9S2. The third kappa shape index (κ3) is 7.50. The molecule has 0 aliphatic rings. The average molecular weight is 599 g/mol. The molecule has 0 N–H and O–H groups in total. The maximum atomic E-state index is 12.4. The van der Waals surface area contributed by atoms with Crippen molar-refractivity contribution in [2.45, 2.75) is 13.5 Å². The lowest BCUT2D eigenvalue weighted by Crippen LogP contribution is -2.09. The van der Waals surface area contributed by atoms with E-state index in [1.54, 1.807) is 18.2 Å². The number of hydrogen-bond donors (Lipinski definition) is 0. The van der Waals surface area contributed by atoms with Gasteiger partial charge in [0.05, 0.1) is 32.3 Å². The average Bonchev–Trinajstić information content (AvgIpc) is 2.91. The van der Waals surface area contributed by atoms with Crippen LogP contribution in [0.2, 0.25) is 0 Å². The Bertz CT molecular complexity index is 1750. The Labute approximate surface area is 240 Å². The standard InChI is InChI=1S/C30H30O9S2/c1-20-17-23(13-16-26(20)37-19-21-9-7-6-8-10-21)25-18-27(35-2)28(30(29(25)36-3)39-41(5,33)34)22-11-14-24(15-12-22)38-40(4,31)32/h6-18H,19H2,1-5H3. The van der Waals surface area contributed by atoms with Crippen LogP contribution in [-0.2, 0) is 26.8 Å². The predicted octanol–water partition coefficient (Wildman–Crippen LogP) is 5.60. The molecule has 9 nitrogen and oxygen atoms in total. The molecule has 0 amide bonds. The minimum Gasteiger partial charge on any atom is -0.496 e. The molecule has 0 radical (unpaired) electrons. The molecule has 11 heteroatoms. The smallest absolute Gasteiger partial charge is 0.306 e. The molecule has 4 rings (SSSR count). The maximum absolute atomic E-state index is 12.4. The largest absolute Gasteiger partial charge is 0.496 e. The summed E-state index contributed by atoms with van der Waals surface area (Å²) in [5.74, 6) is 1.18. The first-order valence-corrected chi connectivity index (χ1v) is 16.0. The van der Waals surface area contributed by atoms with Crippen molar-refractivity contribution in [1.82, 2.24) is 0 Å². The third-order valence-corrected chi connectivity index (χ3v) is 6.94. The third-order valence-electron chi connectivity index (χ3n) is 5.97. The molecule has 4 aromatic rings. The van der Waals surface area contributed by atoms with Crippen molar-refractivity contribution in [1.29, 1.82) is 0 Å². The number of hydrogen-bond acceptors (Lipinski definition) is 9. The van der Waals surface area contributed by atoms with Crippen LogP contribution < -0.4 is 22.6 Å². The van der Waals surface area contributed by atoms with Crippen molar-refractivity contribution in [3.8, 4) is 51.0 Å². The van der Waals surface area contributed by atoms with E-state index in [0.717, 1.165) is 23.6 Å². The zero-order valence-corrected chi connectivity index (χ0v) is 24.8. The lowest BCUT2D eigenvalue weighted by atomic mass is 9.95.